The molecule has 0 aliphatic heterocycles. The van der Waals surface area contributed by atoms with E-state index >= 15 is 0 Å². The lowest BCUT2D eigenvalue weighted by atomic mass is 9.81. The highest BCUT2D eigenvalue weighted by molar-refractivity contribution is 5.89. The van der Waals surface area contributed by atoms with Crippen LogP contribution in [0.5, 0.6) is 0 Å². The van der Waals surface area contributed by atoms with Crippen molar-refractivity contribution in [2.24, 2.45) is 5.92 Å². The van der Waals surface area contributed by atoms with E-state index in [4.69, 9.17) is 0 Å². The first-order valence-corrected chi connectivity index (χ1v) is 7.37. The van der Waals surface area contributed by atoms with Crippen molar-refractivity contribution in [1.29, 1.82) is 0 Å². The Bertz CT molecular complexity index is 659. The maximum absolute atomic E-state index is 13.6. The fourth-order valence-electron chi connectivity index (χ4n) is 2.73. The van der Waals surface area contributed by atoms with E-state index in [-0.39, 0.29) is 13.2 Å². The molecule has 25 heavy (non-hydrogen) atoms. The fourth-order valence-corrected chi connectivity index (χ4v) is 2.73. The zero-order chi connectivity index (χ0) is 19.2. The maximum Gasteiger partial charge on any atom is 0.459 e. The van der Waals surface area contributed by atoms with Crippen LogP contribution in [-0.2, 0) is 17.2 Å². The summed E-state index contributed by atoms with van der Waals surface area (Å²) < 4.78 is 96.2. The monoisotopic (exact) mass is 376 g/mol. The van der Waals surface area contributed by atoms with Gasteiger partial charge in [-0.15, -0.1) is 0 Å². The van der Waals surface area contributed by atoms with Crippen LogP contribution in [0.1, 0.15) is 41.5 Å². The molecule has 0 atom stereocenters. The zero-order valence-corrected chi connectivity index (χ0v) is 13.3. The van der Waals surface area contributed by atoms with E-state index < -0.39 is 59.7 Å². The van der Waals surface area contributed by atoms with E-state index in [2.05, 4.69) is 9.84 Å². The zero-order valence-electron chi connectivity index (χ0n) is 13.3. The summed E-state index contributed by atoms with van der Waals surface area (Å²) in [6, 6.07) is 0. The summed E-state index contributed by atoms with van der Waals surface area (Å²) in [5, 5.41) is 3.22. The Kier molecular flexibility index (Phi) is 4.81. The van der Waals surface area contributed by atoms with Gasteiger partial charge in [0.15, 0.2) is 0 Å². The highest BCUT2D eigenvalue weighted by Crippen LogP contribution is 2.46. The molecule has 1 saturated carbocycles. The molecule has 11 heteroatoms. The van der Waals surface area contributed by atoms with Crippen molar-refractivity contribution in [3.63, 3.8) is 0 Å². The van der Waals surface area contributed by atoms with E-state index in [0.29, 0.717) is 4.68 Å². The molecule has 0 spiro atoms. The second kappa shape index (κ2) is 6.17. The van der Waals surface area contributed by atoms with Crippen LogP contribution in [0.2, 0.25) is 0 Å². The molecule has 1 aromatic rings. The summed E-state index contributed by atoms with van der Waals surface area (Å²) in [5.74, 6) is -10.0. The van der Waals surface area contributed by atoms with Gasteiger partial charge in [-0.05, 0) is 19.8 Å². The molecule has 0 bridgehead atoms. The molecule has 1 aliphatic rings. The normalized spacial score (nSPS) is 18.1. The number of carbonyl (C=O) groups is 1. The third-order valence-electron chi connectivity index (χ3n) is 3.92. The predicted molar refractivity (Wildman–Crippen MR) is 70.5 cm³/mol. The smallest absolute Gasteiger partial charge is 0.459 e. The average Bonchev–Trinajstić information content (AvgIpc) is 2.73. The molecule has 0 aromatic carbocycles. The van der Waals surface area contributed by atoms with Crippen LogP contribution < -0.4 is 0 Å². The Morgan fingerprint density at radius 1 is 1.28 bits per heavy atom. The van der Waals surface area contributed by atoms with E-state index in [1.54, 1.807) is 0 Å². The number of hydrogen-bond acceptors (Lipinski definition) is 3. The third kappa shape index (κ3) is 3.59. The molecule has 0 amide bonds. The summed E-state index contributed by atoms with van der Waals surface area (Å²) in [7, 11) is 0. The average molecular weight is 376 g/mol. The summed E-state index contributed by atoms with van der Waals surface area (Å²) in [5.41, 5.74) is -2.91. The van der Waals surface area contributed by atoms with Gasteiger partial charge in [0.25, 0.3) is 0 Å². The molecule has 0 unspecified atom stereocenters. The molecule has 1 aliphatic carbocycles. The summed E-state index contributed by atoms with van der Waals surface area (Å²) in [6.45, 7) is 1.79. The summed E-state index contributed by atoms with van der Waals surface area (Å²) in [4.78, 5) is 11.9. The van der Waals surface area contributed by atoms with Crippen LogP contribution in [-0.4, -0.2) is 34.5 Å². The largest absolute Gasteiger partial charge is 0.461 e. The lowest BCUT2D eigenvalue weighted by molar-refractivity contribution is -0.291. The van der Waals surface area contributed by atoms with Crippen molar-refractivity contribution < 1.29 is 40.3 Å². The van der Waals surface area contributed by atoms with Gasteiger partial charge in [-0.2, -0.15) is 27.1 Å². The van der Waals surface area contributed by atoms with Crippen LogP contribution in [0.25, 0.3) is 0 Å². The molecule has 1 aromatic heterocycles. The molecule has 1 fully saturated rings. The van der Waals surface area contributed by atoms with Crippen LogP contribution >= 0.6 is 0 Å². The molecule has 142 valence electrons. The predicted octanol–water partition coefficient (Wildman–Crippen LogP) is 4.07. The molecule has 0 saturated heterocycles. The van der Waals surface area contributed by atoms with Crippen molar-refractivity contribution in [2.75, 3.05) is 6.61 Å². The van der Waals surface area contributed by atoms with Gasteiger partial charge < -0.3 is 4.74 Å². The minimum atomic E-state index is -5.91. The van der Waals surface area contributed by atoms with Crippen molar-refractivity contribution >= 4 is 5.97 Å². The number of alkyl halides is 7. The first kappa shape index (κ1) is 19.5. The molecule has 0 radical (unpaired) electrons. The number of rotatable bonds is 5. The van der Waals surface area contributed by atoms with Crippen LogP contribution in [0.4, 0.5) is 30.7 Å². The Balaban J connectivity index is 2.43. The van der Waals surface area contributed by atoms with Gasteiger partial charge in [0.2, 0.25) is 5.92 Å². The minimum Gasteiger partial charge on any atom is -0.461 e. The van der Waals surface area contributed by atoms with Gasteiger partial charge in [0.05, 0.1) is 6.61 Å². The van der Waals surface area contributed by atoms with Gasteiger partial charge in [-0.25, -0.2) is 13.6 Å². The van der Waals surface area contributed by atoms with Gasteiger partial charge >= 0.3 is 18.1 Å². The lowest BCUT2D eigenvalue weighted by Gasteiger charge is -2.34. The molecule has 1 heterocycles. The minimum absolute atomic E-state index is 0.143. The van der Waals surface area contributed by atoms with Gasteiger partial charge in [-0.1, -0.05) is 0 Å². The SMILES string of the molecule is CCOC(=O)c1c(C)c(C(F)(F)C(F)(F)F)nn1CC1CC(F)(F)C1. The number of aromatic nitrogens is 2. The second-order valence-corrected chi connectivity index (χ2v) is 5.93. The van der Waals surface area contributed by atoms with Crippen molar-refractivity contribution in [1.82, 2.24) is 9.78 Å². The van der Waals surface area contributed by atoms with Gasteiger partial charge in [0, 0.05) is 24.9 Å². The first-order valence-electron chi connectivity index (χ1n) is 7.37. The van der Waals surface area contributed by atoms with Gasteiger partial charge in [0.1, 0.15) is 11.4 Å². The van der Waals surface area contributed by atoms with Crippen LogP contribution in [0, 0.1) is 12.8 Å². The number of hydrogen-bond donors (Lipinski definition) is 0. The number of nitrogens with zero attached hydrogens (tertiary/aromatic N) is 2. The lowest BCUT2D eigenvalue weighted by Crippen LogP contribution is -2.38. The highest BCUT2D eigenvalue weighted by Gasteiger charge is 2.61. The number of carbonyl (C=O) groups excluding carboxylic acids is 1. The number of halogens is 7. The molecule has 2 rings (SSSR count). The van der Waals surface area contributed by atoms with Crippen LogP contribution in [0.15, 0.2) is 0 Å². The third-order valence-corrected chi connectivity index (χ3v) is 3.92. The molecule has 0 N–H and O–H groups in total. The second-order valence-electron chi connectivity index (χ2n) is 5.93. The number of ether oxygens (including phenoxy) is 1. The Morgan fingerprint density at radius 2 is 1.84 bits per heavy atom. The summed E-state index contributed by atoms with van der Waals surface area (Å²) >= 11 is 0. The van der Waals surface area contributed by atoms with E-state index in [1.807, 2.05) is 0 Å². The van der Waals surface area contributed by atoms with E-state index in [0.717, 1.165) is 6.92 Å². The quantitative estimate of drug-likeness (QED) is 0.575. The Morgan fingerprint density at radius 3 is 2.28 bits per heavy atom. The standard InChI is InChI=1S/C14H15F7N2O2/c1-3-25-11(24)9-7(2)10(13(17,18)14(19,20)21)22-23(9)6-8-4-12(15,16)5-8/h8H,3-6H2,1-2H3. The Hall–Kier alpha value is -1.81. The number of esters is 1. The maximum atomic E-state index is 13.6. The van der Waals surface area contributed by atoms with E-state index in [9.17, 15) is 35.5 Å². The molecular weight excluding hydrogens is 361 g/mol. The highest BCUT2D eigenvalue weighted by atomic mass is 19.4. The molecule has 4 nitrogen and oxygen atoms in total. The topological polar surface area (TPSA) is 44.1 Å². The van der Waals surface area contributed by atoms with Crippen molar-refractivity contribution in [3.8, 4) is 0 Å². The van der Waals surface area contributed by atoms with Crippen molar-refractivity contribution in [2.45, 2.75) is 51.3 Å². The molecular formula is C14H15F7N2O2. The first-order chi connectivity index (χ1) is 11.3. The van der Waals surface area contributed by atoms with E-state index in [1.165, 1.54) is 6.92 Å². The Labute approximate surface area is 137 Å². The fraction of sp³-hybridized carbons (Fsp3) is 0.714. The van der Waals surface area contributed by atoms with Gasteiger partial charge in [-0.3, -0.25) is 4.68 Å². The van der Waals surface area contributed by atoms with Crippen LogP contribution in [0.3, 0.4) is 0 Å². The summed E-state index contributed by atoms with van der Waals surface area (Å²) in [6.07, 6.45) is -7.02. The van der Waals surface area contributed by atoms with Crippen molar-refractivity contribution in [3.05, 3.63) is 17.0 Å².